The molecule has 0 aliphatic heterocycles. The van der Waals surface area contributed by atoms with E-state index in [1.165, 1.54) is 12.1 Å². The monoisotopic (exact) mass is 268 g/mol. The molecule has 0 radical (unpaired) electrons. The number of hydrogen-bond acceptors (Lipinski definition) is 2. The van der Waals surface area contributed by atoms with Crippen LogP contribution in [0.15, 0.2) is 35.9 Å². The molecule has 0 aliphatic rings. The standard InChI is InChI=1S/C9H7Cl2FO2S/c1-6(10)9(15(11,13)14)7-2-4-8(12)5-3-7/h2-5,9H,1H2. The summed E-state index contributed by atoms with van der Waals surface area (Å²) in [5.74, 6) is -0.468. The lowest BCUT2D eigenvalue weighted by molar-refractivity contribution is 0.603. The molecule has 1 atom stereocenters. The SMILES string of the molecule is C=C(Cl)C(c1ccc(F)cc1)S(=O)(=O)Cl. The second kappa shape index (κ2) is 4.51. The van der Waals surface area contributed by atoms with Crippen LogP contribution in [0.4, 0.5) is 4.39 Å². The summed E-state index contributed by atoms with van der Waals surface area (Å²) < 4.78 is 35.0. The molecule has 0 saturated heterocycles. The Morgan fingerprint density at radius 3 is 2.13 bits per heavy atom. The molecule has 0 aliphatic carbocycles. The van der Waals surface area contributed by atoms with Gasteiger partial charge in [-0.25, -0.2) is 12.8 Å². The molecule has 1 unspecified atom stereocenters. The van der Waals surface area contributed by atoms with Gasteiger partial charge >= 0.3 is 0 Å². The van der Waals surface area contributed by atoms with Crippen molar-refractivity contribution in [1.29, 1.82) is 0 Å². The van der Waals surface area contributed by atoms with Crippen molar-refractivity contribution < 1.29 is 12.8 Å². The van der Waals surface area contributed by atoms with E-state index in [0.717, 1.165) is 12.1 Å². The summed E-state index contributed by atoms with van der Waals surface area (Å²) in [4.78, 5) is 0. The molecule has 0 amide bonds. The third kappa shape index (κ3) is 3.19. The molecule has 0 fully saturated rings. The molecule has 1 aromatic rings. The van der Waals surface area contributed by atoms with Crippen LogP contribution < -0.4 is 0 Å². The van der Waals surface area contributed by atoms with Crippen LogP contribution in [0.25, 0.3) is 0 Å². The fourth-order valence-electron chi connectivity index (χ4n) is 1.13. The van der Waals surface area contributed by atoms with E-state index < -0.39 is 20.1 Å². The number of rotatable bonds is 3. The van der Waals surface area contributed by atoms with Crippen molar-refractivity contribution in [3.63, 3.8) is 0 Å². The van der Waals surface area contributed by atoms with Crippen LogP contribution >= 0.6 is 22.3 Å². The quantitative estimate of drug-likeness (QED) is 0.790. The van der Waals surface area contributed by atoms with E-state index in [4.69, 9.17) is 22.3 Å². The van der Waals surface area contributed by atoms with Crippen molar-refractivity contribution in [3.05, 3.63) is 47.3 Å². The zero-order valence-corrected chi connectivity index (χ0v) is 9.78. The van der Waals surface area contributed by atoms with Crippen LogP contribution in [-0.2, 0) is 9.05 Å². The van der Waals surface area contributed by atoms with Gasteiger partial charge in [0.25, 0.3) is 0 Å². The summed E-state index contributed by atoms with van der Waals surface area (Å²) in [5.41, 5.74) is 0.284. The van der Waals surface area contributed by atoms with Gasteiger partial charge in [-0.05, 0) is 17.7 Å². The van der Waals surface area contributed by atoms with Crippen molar-refractivity contribution in [3.8, 4) is 0 Å². The first-order valence-corrected chi connectivity index (χ1v) is 6.60. The number of benzene rings is 1. The van der Waals surface area contributed by atoms with Crippen molar-refractivity contribution in [2.24, 2.45) is 0 Å². The molecular weight excluding hydrogens is 262 g/mol. The molecule has 0 saturated carbocycles. The van der Waals surface area contributed by atoms with Gasteiger partial charge in [-0.2, -0.15) is 0 Å². The molecule has 0 bridgehead atoms. The molecule has 15 heavy (non-hydrogen) atoms. The summed E-state index contributed by atoms with van der Waals surface area (Å²) in [6.07, 6.45) is 0. The zero-order chi connectivity index (χ0) is 11.6. The lowest BCUT2D eigenvalue weighted by atomic mass is 10.1. The van der Waals surface area contributed by atoms with Crippen molar-refractivity contribution in [2.75, 3.05) is 0 Å². The summed E-state index contributed by atoms with van der Waals surface area (Å²) in [6, 6.07) is 4.86. The molecule has 0 heterocycles. The maximum Gasteiger partial charge on any atom is 0.244 e. The summed E-state index contributed by atoms with van der Waals surface area (Å²) in [5, 5.41) is -1.35. The third-order valence-electron chi connectivity index (χ3n) is 1.74. The van der Waals surface area contributed by atoms with Gasteiger partial charge < -0.3 is 0 Å². The van der Waals surface area contributed by atoms with Crippen LogP contribution in [0.5, 0.6) is 0 Å². The highest BCUT2D eigenvalue weighted by Crippen LogP contribution is 2.33. The van der Waals surface area contributed by atoms with E-state index in [-0.39, 0.29) is 10.6 Å². The molecule has 1 rings (SSSR count). The fraction of sp³-hybridized carbons (Fsp3) is 0.111. The van der Waals surface area contributed by atoms with Gasteiger partial charge in [-0.1, -0.05) is 30.3 Å². The lowest BCUT2D eigenvalue weighted by Crippen LogP contribution is -2.07. The molecular formula is C9H7Cl2FO2S. The van der Waals surface area contributed by atoms with E-state index in [1.807, 2.05) is 0 Å². The van der Waals surface area contributed by atoms with Gasteiger partial charge in [0.2, 0.25) is 9.05 Å². The van der Waals surface area contributed by atoms with Gasteiger partial charge in [0.1, 0.15) is 11.1 Å². The Labute approximate surface area is 96.7 Å². The van der Waals surface area contributed by atoms with E-state index in [1.54, 1.807) is 0 Å². The summed E-state index contributed by atoms with van der Waals surface area (Å²) in [6.45, 7) is 3.33. The van der Waals surface area contributed by atoms with Crippen molar-refractivity contribution >= 4 is 31.3 Å². The first kappa shape index (κ1) is 12.5. The second-order valence-corrected chi connectivity index (χ2v) is 6.05. The minimum absolute atomic E-state index is 0.128. The Morgan fingerprint density at radius 2 is 1.80 bits per heavy atom. The second-order valence-electron chi connectivity index (χ2n) is 2.85. The normalized spacial score (nSPS) is 13.5. The lowest BCUT2D eigenvalue weighted by Gasteiger charge is -2.11. The smallest absolute Gasteiger partial charge is 0.211 e. The third-order valence-corrected chi connectivity index (χ3v) is 3.74. The molecule has 6 heteroatoms. The van der Waals surface area contributed by atoms with E-state index >= 15 is 0 Å². The zero-order valence-electron chi connectivity index (χ0n) is 7.45. The van der Waals surface area contributed by atoms with Crippen molar-refractivity contribution in [1.82, 2.24) is 0 Å². The Kier molecular flexibility index (Phi) is 3.76. The number of halogens is 3. The average Bonchev–Trinajstić information content (AvgIpc) is 2.05. The van der Waals surface area contributed by atoms with E-state index in [0.29, 0.717) is 0 Å². The highest BCUT2D eigenvalue weighted by atomic mass is 35.7. The van der Waals surface area contributed by atoms with Gasteiger partial charge in [0.05, 0.1) is 0 Å². The molecule has 1 aromatic carbocycles. The van der Waals surface area contributed by atoms with E-state index in [9.17, 15) is 12.8 Å². The Balaban J connectivity index is 3.23. The Morgan fingerprint density at radius 1 is 1.33 bits per heavy atom. The van der Waals surface area contributed by atoms with Gasteiger partial charge in [-0.3, -0.25) is 0 Å². The Hall–Kier alpha value is -0.580. The summed E-state index contributed by atoms with van der Waals surface area (Å²) in [7, 11) is 1.29. The average molecular weight is 269 g/mol. The van der Waals surface area contributed by atoms with E-state index in [2.05, 4.69) is 6.58 Å². The highest BCUT2D eigenvalue weighted by molar-refractivity contribution is 8.14. The maximum atomic E-state index is 12.6. The topological polar surface area (TPSA) is 34.1 Å². The summed E-state index contributed by atoms with van der Waals surface area (Å²) >= 11 is 5.55. The van der Waals surface area contributed by atoms with Gasteiger partial charge in [-0.15, -0.1) is 0 Å². The van der Waals surface area contributed by atoms with Crippen LogP contribution in [0.3, 0.4) is 0 Å². The van der Waals surface area contributed by atoms with Gasteiger partial charge in [0.15, 0.2) is 0 Å². The van der Waals surface area contributed by atoms with Crippen LogP contribution in [0, 0.1) is 5.82 Å². The highest BCUT2D eigenvalue weighted by Gasteiger charge is 2.27. The minimum atomic E-state index is -3.91. The Bertz CT molecular complexity index is 467. The molecule has 2 nitrogen and oxygen atoms in total. The minimum Gasteiger partial charge on any atom is -0.211 e. The first-order valence-electron chi connectivity index (χ1n) is 3.85. The molecule has 0 spiro atoms. The van der Waals surface area contributed by atoms with Crippen LogP contribution in [-0.4, -0.2) is 8.42 Å². The van der Waals surface area contributed by atoms with Crippen molar-refractivity contribution in [2.45, 2.75) is 5.25 Å². The predicted molar refractivity (Wildman–Crippen MR) is 58.9 cm³/mol. The van der Waals surface area contributed by atoms with Crippen LogP contribution in [0.2, 0.25) is 0 Å². The van der Waals surface area contributed by atoms with Crippen LogP contribution in [0.1, 0.15) is 10.8 Å². The molecule has 0 N–H and O–H groups in total. The first-order chi connectivity index (χ1) is 6.82. The fourth-order valence-corrected chi connectivity index (χ4v) is 3.17. The molecule has 0 aromatic heterocycles. The molecule has 82 valence electrons. The largest absolute Gasteiger partial charge is 0.244 e. The predicted octanol–water partition coefficient (Wildman–Crippen LogP) is 3.19. The van der Waals surface area contributed by atoms with Gasteiger partial charge in [0, 0.05) is 15.7 Å². The maximum absolute atomic E-state index is 12.6. The number of hydrogen-bond donors (Lipinski definition) is 0.